The number of hydrogen-bond acceptors (Lipinski definition) is 1. The Balaban J connectivity index is 1.12. The van der Waals surface area contributed by atoms with Crippen LogP contribution < -0.4 is 0 Å². The highest BCUT2D eigenvalue weighted by Gasteiger charge is 2.36. The molecule has 0 amide bonds. The Morgan fingerprint density at radius 3 is 1.80 bits per heavy atom. The van der Waals surface area contributed by atoms with E-state index in [0.717, 1.165) is 0 Å². The lowest BCUT2D eigenvalue weighted by Crippen LogP contribution is -2.14. The van der Waals surface area contributed by atoms with Gasteiger partial charge in [-0.2, -0.15) is 0 Å². The van der Waals surface area contributed by atoms with Gasteiger partial charge in [-0.1, -0.05) is 111 Å². The lowest BCUT2D eigenvalue weighted by Gasteiger charge is -2.21. The van der Waals surface area contributed by atoms with Gasteiger partial charge in [0.2, 0.25) is 0 Å². The van der Waals surface area contributed by atoms with Crippen LogP contribution in [0.1, 0.15) is 25.0 Å². The van der Waals surface area contributed by atoms with Crippen LogP contribution in [0.3, 0.4) is 0 Å². The topological polar surface area (TPSA) is 9.86 Å². The summed E-state index contributed by atoms with van der Waals surface area (Å²) in [5, 5.41) is 7.77. The van der Waals surface area contributed by atoms with Crippen LogP contribution in [0.25, 0.3) is 97.4 Å². The first-order valence-electron chi connectivity index (χ1n) is 18.8. The Labute approximate surface area is 316 Å². The highest BCUT2D eigenvalue weighted by atomic mass is 32.1. The van der Waals surface area contributed by atoms with Gasteiger partial charge < -0.3 is 9.13 Å². The molecule has 1 aliphatic rings. The zero-order valence-corrected chi connectivity index (χ0v) is 30.8. The van der Waals surface area contributed by atoms with Crippen LogP contribution in [0.15, 0.2) is 170 Å². The minimum absolute atomic E-state index is 0.0710. The second-order valence-corrected chi connectivity index (χ2v) is 16.4. The predicted octanol–water partition coefficient (Wildman–Crippen LogP) is 14.2. The zero-order valence-electron chi connectivity index (χ0n) is 30.0. The number of thiophene rings is 1. The van der Waals surface area contributed by atoms with Gasteiger partial charge in [0.15, 0.2) is 0 Å². The average molecular weight is 707 g/mol. The van der Waals surface area contributed by atoms with Gasteiger partial charge in [0.1, 0.15) is 0 Å². The predicted molar refractivity (Wildman–Crippen MR) is 231 cm³/mol. The molecule has 3 aromatic heterocycles. The molecule has 0 saturated carbocycles. The lowest BCUT2D eigenvalue weighted by molar-refractivity contribution is 0.661. The van der Waals surface area contributed by atoms with E-state index in [1.807, 2.05) is 11.3 Å². The zero-order chi connectivity index (χ0) is 35.7. The largest absolute Gasteiger partial charge is 0.309 e. The van der Waals surface area contributed by atoms with Crippen molar-refractivity contribution in [3.63, 3.8) is 0 Å². The molecule has 12 rings (SSSR count). The normalized spacial score (nSPS) is 13.5. The summed E-state index contributed by atoms with van der Waals surface area (Å²) in [6, 6.07) is 63.3. The molecular weight excluding hydrogens is 673 g/mol. The van der Waals surface area contributed by atoms with E-state index in [9.17, 15) is 0 Å². The molecule has 0 N–H and O–H groups in total. The second kappa shape index (κ2) is 10.8. The monoisotopic (exact) mass is 706 g/mol. The van der Waals surface area contributed by atoms with Crippen LogP contribution in [0, 0.1) is 0 Å². The van der Waals surface area contributed by atoms with E-state index in [1.165, 1.54) is 109 Å². The van der Waals surface area contributed by atoms with Gasteiger partial charge in [-0.05, 0) is 106 Å². The maximum atomic E-state index is 2.48. The minimum atomic E-state index is -0.0710. The summed E-state index contributed by atoms with van der Waals surface area (Å²) < 4.78 is 7.57. The fourth-order valence-corrected chi connectivity index (χ4v) is 10.6. The van der Waals surface area contributed by atoms with Crippen molar-refractivity contribution < 1.29 is 0 Å². The Morgan fingerprint density at radius 2 is 0.981 bits per heavy atom. The van der Waals surface area contributed by atoms with Crippen molar-refractivity contribution in [2.45, 2.75) is 19.3 Å². The third-order valence-corrected chi connectivity index (χ3v) is 13.2. The molecule has 11 aromatic rings. The number of nitrogens with zero attached hydrogens (tertiary/aromatic N) is 2. The summed E-state index contributed by atoms with van der Waals surface area (Å²) in [4.78, 5) is 0. The van der Waals surface area contributed by atoms with Crippen LogP contribution in [-0.4, -0.2) is 9.13 Å². The molecule has 8 aromatic carbocycles. The summed E-state index contributed by atoms with van der Waals surface area (Å²) in [5.74, 6) is 0. The maximum absolute atomic E-state index is 2.48. The number of para-hydroxylation sites is 2. The molecule has 0 saturated heterocycles. The second-order valence-electron chi connectivity index (χ2n) is 15.4. The first kappa shape index (κ1) is 30.1. The molecule has 0 fully saturated rings. The van der Waals surface area contributed by atoms with Gasteiger partial charge in [-0.3, -0.25) is 0 Å². The van der Waals surface area contributed by atoms with Crippen molar-refractivity contribution in [3.05, 3.63) is 181 Å². The smallest absolute Gasteiger partial charge is 0.0555 e. The quantitative estimate of drug-likeness (QED) is 0.173. The molecule has 3 heteroatoms. The van der Waals surface area contributed by atoms with Crippen molar-refractivity contribution >= 4 is 75.1 Å². The summed E-state index contributed by atoms with van der Waals surface area (Å²) in [6.45, 7) is 4.74. The standard InChI is InChI=1S/C51H34N2S/c1-51(2)43-19-11-9-17-35(43)38-27-40-36-23-21-32(26-46(36)53(47(40)29-44(38)51)34-15-7-4-8-16-34)31-22-24-45-39(25-31)41-28-42-37-18-10-12-20-49(37)54-50(42)30-48(41)52(45)33-13-5-3-6-14-33/h3-30H,1-2H3. The molecule has 0 atom stereocenters. The average Bonchev–Trinajstić information content (AvgIpc) is 3.91. The summed E-state index contributed by atoms with van der Waals surface area (Å²) in [5.41, 5.74) is 15.2. The summed E-state index contributed by atoms with van der Waals surface area (Å²) >= 11 is 1.88. The van der Waals surface area contributed by atoms with Gasteiger partial charge >= 0.3 is 0 Å². The van der Waals surface area contributed by atoms with Gasteiger partial charge in [-0.15, -0.1) is 11.3 Å². The molecule has 0 bridgehead atoms. The van der Waals surface area contributed by atoms with Crippen LogP contribution in [-0.2, 0) is 5.41 Å². The summed E-state index contributed by atoms with van der Waals surface area (Å²) in [6.07, 6.45) is 0. The maximum Gasteiger partial charge on any atom is 0.0555 e. The van der Waals surface area contributed by atoms with E-state index in [2.05, 4.69) is 193 Å². The Morgan fingerprint density at radius 1 is 0.370 bits per heavy atom. The van der Waals surface area contributed by atoms with Crippen LogP contribution in [0.2, 0.25) is 0 Å². The number of aromatic nitrogens is 2. The van der Waals surface area contributed by atoms with E-state index in [1.54, 1.807) is 0 Å². The molecule has 2 nitrogen and oxygen atoms in total. The van der Waals surface area contributed by atoms with E-state index in [0.29, 0.717) is 0 Å². The van der Waals surface area contributed by atoms with Crippen molar-refractivity contribution in [3.8, 4) is 33.6 Å². The van der Waals surface area contributed by atoms with Crippen LogP contribution in [0.5, 0.6) is 0 Å². The number of fused-ring (bicyclic) bond motifs is 12. The van der Waals surface area contributed by atoms with Gasteiger partial charge in [0, 0.05) is 58.5 Å². The first-order chi connectivity index (χ1) is 26.5. The highest BCUT2D eigenvalue weighted by Crippen LogP contribution is 2.51. The number of benzene rings is 8. The lowest BCUT2D eigenvalue weighted by atomic mass is 9.82. The van der Waals surface area contributed by atoms with Crippen LogP contribution >= 0.6 is 11.3 Å². The van der Waals surface area contributed by atoms with Crippen LogP contribution in [0.4, 0.5) is 0 Å². The molecule has 3 heterocycles. The van der Waals surface area contributed by atoms with Crippen molar-refractivity contribution in [1.82, 2.24) is 9.13 Å². The Hall–Kier alpha value is -6.42. The minimum Gasteiger partial charge on any atom is -0.309 e. The summed E-state index contributed by atoms with van der Waals surface area (Å²) in [7, 11) is 0. The van der Waals surface area contributed by atoms with E-state index in [4.69, 9.17) is 0 Å². The third-order valence-electron chi connectivity index (χ3n) is 12.1. The highest BCUT2D eigenvalue weighted by molar-refractivity contribution is 7.25. The van der Waals surface area contributed by atoms with E-state index in [-0.39, 0.29) is 5.41 Å². The molecule has 1 aliphatic carbocycles. The van der Waals surface area contributed by atoms with E-state index < -0.39 is 0 Å². The molecule has 0 unspecified atom stereocenters. The van der Waals surface area contributed by atoms with Crippen molar-refractivity contribution in [2.75, 3.05) is 0 Å². The molecule has 54 heavy (non-hydrogen) atoms. The van der Waals surface area contributed by atoms with Crippen molar-refractivity contribution in [1.29, 1.82) is 0 Å². The fourth-order valence-electron chi connectivity index (χ4n) is 9.52. The van der Waals surface area contributed by atoms with E-state index >= 15 is 0 Å². The molecule has 0 aliphatic heterocycles. The number of rotatable bonds is 3. The first-order valence-corrected chi connectivity index (χ1v) is 19.6. The Kier molecular flexibility index (Phi) is 6.03. The SMILES string of the molecule is CC1(C)c2ccccc2-c2cc3c4ccc(-c5ccc6c(c5)c5cc7c(cc5n6-c5ccccc5)sc5ccccc57)cc4n(-c4ccccc4)c3cc21. The van der Waals surface area contributed by atoms with Crippen molar-refractivity contribution in [2.24, 2.45) is 0 Å². The molecule has 0 spiro atoms. The van der Waals surface area contributed by atoms with Gasteiger partial charge in [0.25, 0.3) is 0 Å². The van der Waals surface area contributed by atoms with Gasteiger partial charge in [-0.25, -0.2) is 0 Å². The molecule has 0 radical (unpaired) electrons. The fraction of sp³-hybridized carbons (Fsp3) is 0.0588. The molecule has 254 valence electrons. The third kappa shape index (κ3) is 4.05. The van der Waals surface area contributed by atoms with Gasteiger partial charge in [0.05, 0.1) is 22.1 Å². The molecular formula is C51H34N2S. The Bertz CT molecular complexity index is 3340. The number of hydrogen-bond donors (Lipinski definition) is 0.